The summed E-state index contributed by atoms with van der Waals surface area (Å²) in [5.41, 5.74) is 3.46. The number of aromatic nitrogens is 2. The molecule has 1 N–H and O–H groups in total. The molecule has 0 spiro atoms. The van der Waals surface area contributed by atoms with Gasteiger partial charge in [-0.3, -0.25) is 4.79 Å². The highest BCUT2D eigenvalue weighted by Gasteiger charge is 2.20. The van der Waals surface area contributed by atoms with E-state index in [-0.39, 0.29) is 16.5 Å². The van der Waals surface area contributed by atoms with E-state index in [1.54, 1.807) is 46.4 Å². The van der Waals surface area contributed by atoms with Crippen LogP contribution >= 0.6 is 34.3 Å². The Morgan fingerprint density at radius 2 is 1.83 bits per heavy atom. The van der Waals surface area contributed by atoms with Gasteiger partial charge in [0, 0.05) is 17.7 Å². The number of nitrogens with one attached hydrogen (secondary N) is 1. The number of hydrogen-bond donors (Lipinski definition) is 1. The standard InChI is InChI=1S/C26H20ClN3O3S3/c1-36(32,33)19-6-4-5-18(13-19)24-9-10-25(35-24)23-14-21(26(31)28-15-17-11-12-34-16-17)29-30(23)22-8-3-2-7-20(22)27/h2-14,16H,15H2,1H3,(H,28,31). The summed E-state index contributed by atoms with van der Waals surface area (Å²) in [4.78, 5) is 15.0. The third-order valence-corrected chi connectivity index (χ3v) is 8.78. The SMILES string of the molecule is CS(=O)(=O)c1cccc(-c2ccc(-c3cc(C(=O)NCc4ccsc4)nn3-c3ccccc3Cl)s2)c1. The van der Waals surface area contributed by atoms with E-state index in [9.17, 15) is 13.2 Å². The Balaban J connectivity index is 1.53. The number of rotatable bonds is 7. The van der Waals surface area contributed by atoms with E-state index in [0.29, 0.717) is 22.9 Å². The Bertz CT molecular complexity index is 1650. The number of hydrogen-bond acceptors (Lipinski definition) is 6. The molecule has 5 aromatic rings. The Morgan fingerprint density at radius 1 is 1.03 bits per heavy atom. The van der Waals surface area contributed by atoms with Crippen LogP contribution in [0.4, 0.5) is 0 Å². The highest BCUT2D eigenvalue weighted by atomic mass is 35.5. The second kappa shape index (κ2) is 10.0. The van der Waals surface area contributed by atoms with Crippen molar-refractivity contribution in [2.45, 2.75) is 11.4 Å². The van der Waals surface area contributed by atoms with Gasteiger partial charge in [-0.2, -0.15) is 16.4 Å². The fraction of sp³-hybridized carbons (Fsp3) is 0.0769. The molecule has 0 radical (unpaired) electrons. The summed E-state index contributed by atoms with van der Waals surface area (Å²) in [6, 6.07) is 21.7. The minimum absolute atomic E-state index is 0.264. The number of amides is 1. The quantitative estimate of drug-likeness (QED) is 0.256. The third kappa shape index (κ3) is 5.15. The molecular weight excluding hydrogens is 534 g/mol. The van der Waals surface area contributed by atoms with Crippen LogP contribution in [0.1, 0.15) is 16.1 Å². The molecule has 0 aliphatic carbocycles. The molecule has 0 bridgehead atoms. The molecule has 2 aromatic carbocycles. The van der Waals surface area contributed by atoms with Gasteiger partial charge in [0.2, 0.25) is 0 Å². The van der Waals surface area contributed by atoms with Crippen molar-refractivity contribution in [1.82, 2.24) is 15.1 Å². The van der Waals surface area contributed by atoms with E-state index in [0.717, 1.165) is 20.9 Å². The van der Waals surface area contributed by atoms with Gasteiger partial charge < -0.3 is 5.32 Å². The predicted molar refractivity (Wildman–Crippen MR) is 146 cm³/mol. The number of para-hydroxylation sites is 1. The van der Waals surface area contributed by atoms with Crippen LogP contribution in [0, 0.1) is 0 Å². The fourth-order valence-electron chi connectivity index (χ4n) is 3.65. The lowest BCUT2D eigenvalue weighted by Crippen LogP contribution is -2.23. The van der Waals surface area contributed by atoms with Gasteiger partial charge in [0.05, 0.1) is 26.2 Å². The van der Waals surface area contributed by atoms with E-state index in [1.165, 1.54) is 17.6 Å². The van der Waals surface area contributed by atoms with Crippen LogP contribution in [0.15, 0.2) is 88.5 Å². The molecule has 1 amide bonds. The Morgan fingerprint density at radius 3 is 2.58 bits per heavy atom. The molecule has 3 heterocycles. The highest BCUT2D eigenvalue weighted by Crippen LogP contribution is 2.37. The molecule has 5 rings (SSSR count). The van der Waals surface area contributed by atoms with Crippen molar-refractivity contribution in [2.75, 3.05) is 6.26 Å². The van der Waals surface area contributed by atoms with Gasteiger partial charge in [0.15, 0.2) is 15.5 Å². The lowest BCUT2D eigenvalue weighted by molar-refractivity contribution is 0.0945. The monoisotopic (exact) mass is 553 g/mol. The predicted octanol–water partition coefficient (Wildman–Crippen LogP) is 6.32. The zero-order valence-electron chi connectivity index (χ0n) is 19.0. The number of sulfone groups is 1. The van der Waals surface area contributed by atoms with Crippen LogP contribution in [0.25, 0.3) is 26.7 Å². The van der Waals surface area contributed by atoms with Gasteiger partial charge in [-0.1, -0.05) is 35.9 Å². The molecule has 6 nitrogen and oxygen atoms in total. The van der Waals surface area contributed by atoms with Crippen molar-refractivity contribution in [3.63, 3.8) is 0 Å². The zero-order valence-corrected chi connectivity index (χ0v) is 22.2. The summed E-state index contributed by atoms with van der Waals surface area (Å²) in [5.74, 6) is -0.286. The summed E-state index contributed by atoms with van der Waals surface area (Å²) < 4.78 is 25.7. The molecule has 0 unspecified atom stereocenters. The topological polar surface area (TPSA) is 81.1 Å². The summed E-state index contributed by atoms with van der Waals surface area (Å²) in [7, 11) is -3.32. The van der Waals surface area contributed by atoms with Gasteiger partial charge in [-0.05, 0) is 70.4 Å². The van der Waals surface area contributed by atoms with Crippen molar-refractivity contribution in [2.24, 2.45) is 0 Å². The van der Waals surface area contributed by atoms with Crippen LogP contribution in [-0.4, -0.2) is 30.4 Å². The summed E-state index contributed by atoms with van der Waals surface area (Å²) in [6.07, 6.45) is 1.19. The summed E-state index contributed by atoms with van der Waals surface area (Å²) in [6.45, 7) is 0.413. The van der Waals surface area contributed by atoms with Crippen LogP contribution in [0.3, 0.4) is 0 Å². The average molecular weight is 554 g/mol. The average Bonchev–Trinajstić information content (AvgIpc) is 3.63. The van der Waals surface area contributed by atoms with Gasteiger partial charge in [0.25, 0.3) is 5.91 Å². The summed E-state index contributed by atoms with van der Waals surface area (Å²) in [5, 5.41) is 12.0. The largest absolute Gasteiger partial charge is 0.347 e. The molecule has 0 aliphatic heterocycles. The highest BCUT2D eigenvalue weighted by molar-refractivity contribution is 7.90. The first-order chi connectivity index (χ1) is 17.3. The van der Waals surface area contributed by atoms with Crippen LogP contribution in [0.2, 0.25) is 5.02 Å². The Hall–Kier alpha value is -3.24. The molecule has 0 saturated heterocycles. The lowest BCUT2D eigenvalue weighted by atomic mass is 10.2. The number of halogens is 1. The molecule has 182 valence electrons. The first-order valence-electron chi connectivity index (χ1n) is 10.8. The summed E-state index contributed by atoms with van der Waals surface area (Å²) >= 11 is 9.54. The van der Waals surface area contributed by atoms with Gasteiger partial charge in [-0.25, -0.2) is 13.1 Å². The van der Waals surface area contributed by atoms with E-state index < -0.39 is 9.84 Å². The minimum atomic E-state index is -3.32. The van der Waals surface area contributed by atoms with Crippen molar-refractivity contribution in [3.05, 3.63) is 99.8 Å². The van der Waals surface area contributed by atoms with Crippen molar-refractivity contribution in [3.8, 4) is 26.7 Å². The maximum absolute atomic E-state index is 12.9. The molecule has 0 saturated carbocycles. The maximum atomic E-state index is 12.9. The lowest BCUT2D eigenvalue weighted by Gasteiger charge is -2.08. The first kappa shape index (κ1) is 24.5. The van der Waals surface area contributed by atoms with Crippen molar-refractivity contribution >= 4 is 50.0 Å². The number of benzene rings is 2. The minimum Gasteiger partial charge on any atom is -0.347 e. The van der Waals surface area contributed by atoms with Crippen molar-refractivity contribution < 1.29 is 13.2 Å². The van der Waals surface area contributed by atoms with E-state index in [2.05, 4.69) is 10.4 Å². The Kier molecular flexibility index (Phi) is 6.81. The number of carbonyl (C=O) groups excluding carboxylic acids is 1. The van der Waals surface area contributed by atoms with E-state index >= 15 is 0 Å². The Labute approximate surface area is 221 Å². The van der Waals surface area contributed by atoms with Gasteiger partial charge in [-0.15, -0.1) is 11.3 Å². The van der Waals surface area contributed by atoms with Crippen LogP contribution < -0.4 is 5.32 Å². The van der Waals surface area contributed by atoms with E-state index in [1.807, 2.05) is 53.2 Å². The molecule has 10 heteroatoms. The number of carbonyl (C=O) groups is 1. The number of nitrogens with zero attached hydrogens (tertiary/aromatic N) is 2. The molecule has 36 heavy (non-hydrogen) atoms. The molecular formula is C26H20ClN3O3S3. The second-order valence-corrected chi connectivity index (χ2v) is 12.3. The van der Waals surface area contributed by atoms with Gasteiger partial charge in [0.1, 0.15) is 0 Å². The maximum Gasteiger partial charge on any atom is 0.272 e. The third-order valence-electron chi connectivity index (χ3n) is 5.46. The normalized spacial score (nSPS) is 11.5. The van der Waals surface area contributed by atoms with Crippen molar-refractivity contribution in [1.29, 1.82) is 0 Å². The smallest absolute Gasteiger partial charge is 0.272 e. The zero-order chi connectivity index (χ0) is 25.3. The molecule has 3 aromatic heterocycles. The van der Waals surface area contributed by atoms with E-state index in [4.69, 9.17) is 11.6 Å². The molecule has 0 aliphatic rings. The number of thiophene rings is 2. The van der Waals surface area contributed by atoms with Gasteiger partial charge >= 0.3 is 0 Å². The molecule has 0 fully saturated rings. The first-order valence-corrected chi connectivity index (χ1v) is 14.9. The van der Waals surface area contributed by atoms with Crippen LogP contribution in [0.5, 0.6) is 0 Å². The fourth-order valence-corrected chi connectivity index (χ4v) is 6.21. The van der Waals surface area contributed by atoms with Crippen LogP contribution in [-0.2, 0) is 16.4 Å². The second-order valence-electron chi connectivity index (χ2n) is 8.06. The molecule has 0 atom stereocenters.